The molecule has 0 bridgehead atoms. The Balaban J connectivity index is 1.86. The minimum atomic E-state index is 0.527. The highest BCUT2D eigenvalue weighted by atomic mass is 35.5. The molecule has 0 N–H and O–H groups in total. The molecule has 0 fully saturated rings. The second kappa shape index (κ2) is 6.67. The molecule has 136 valence electrons. The number of hydrogen-bond acceptors (Lipinski definition) is 4. The molecule has 2 heterocycles. The lowest BCUT2D eigenvalue weighted by atomic mass is 10.1. The van der Waals surface area contributed by atoms with Crippen molar-refractivity contribution < 1.29 is 4.74 Å². The highest BCUT2D eigenvalue weighted by molar-refractivity contribution is 6.32. The van der Waals surface area contributed by atoms with Crippen molar-refractivity contribution in [2.24, 2.45) is 0 Å². The molecule has 0 aliphatic rings. The van der Waals surface area contributed by atoms with E-state index in [1.807, 2.05) is 31.2 Å². The van der Waals surface area contributed by atoms with Gasteiger partial charge in [0.2, 0.25) is 0 Å². The predicted molar refractivity (Wildman–Crippen MR) is 108 cm³/mol. The third kappa shape index (κ3) is 3.04. The first-order chi connectivity index (χ1) is 13.0. The Hall–Kier alpha value is -2.92. The molecule has 0 amide bonds. The molecular formula is C21H19ClN4O. The number of benzene rings is 2. The molecule has 0 spiro atoms. The van der Waals surface area contributed by atoms with Crippen LogP contribution in [-0.4, -0.2) is 26.6 Å². The lowest BCUT2D eigenvalue weighted by molar-refractivity contribution is 0.415. The third-order valence-corrected chi connectivity index (χ3v) is 5.01. The molecule has 0 atom stereocenters. The monoisotopic (exact) mass is 378 g/mol. The smallest absolute Gasteiger partial charge is 0.161 e. The Morgan fingerprint density at radius 1 is 0.963 bits per heavy atom. The summed E-state index contributed by atoms with van der Waals surface area (Å²) < 4.78 is 7.27. The number of hydrogen-bond donors (Lipinski definition) is 0. The molecule has 6 heteroatoms. The molecule has 0 unspecified atom stereocenters. The molecule has 0 aliphatic carbocycles. The van der Waals surface area contributed by atoms with Crippen LogP contribution in [0.3, 0.4) is 0 Å². The Kier molecular flexibility index (Phi) is 4.32. The molecule has 0 aliphatic heterocycles. The van der Waals surface area contributed by atoms with E-state index in [9.17, 15) is 0 Å². The second-order valence-corrected chi connectivity index (χ2v) is 6.91. The summed E-state index contributed by atoms with van der Waals surface area (Å²) in [5.41, 5.74) is 5.27. The molecule has 0 saturated carbocycles. The van der Waals surface area contributed by atoms with Crippen molar-refractivity contribution in [2.75, 3.05) is 7.11 Å². The average Bonchev–Trinajstić information content (AvgIpc) is 2.97. The van der Waals surface area contributed by atoms with Gasteiger partial charge in [0.25, 0.3) is 0 Å². The number of nitrogens with zero attached hydrogens (tertiary/aromatic N) is 4. The molecule has 5 nitrogen and oxygen atoms in total. The van der Waals surface area contributed by atoms with Crippen LogP contribution in [0.2, 0.25) is 5.02 Å². The number of halogens is 1. The molecule has 2 aromatic carbocycles. The maximum absolute atomic E-state index is 6.26. The molecule has 2 aromatic heterocycles. The minimum Gasteiger partial charge on any atom is -0.495 e. The van der Waals surface area contributed by atoms with Crippen LogP contribution >= 0.6 is 11.6 Å². The zero-order chi connectivity index (χ0) is 19.1. The number of ether oxygens (including phenoxy) is 1. The van der Waals surface area contributed by atoms with Crippen molar-refractivity contribution in [3.05, 3.63) is 64.6 Å². The number of imidazole rings is 1. The van der Waals surface area contributed by atoms with Crippen molar-refractivity contribution in [3.8, 4) is 23.0 Å². The minimum absolute atomic E-state index is 0.527. The van der Waals surface area contributed by atoms with E-state index in [1.165, 1.54) is 11.1 Å². The van der Waals surface area contributed by atoms with Gasteiger partial charge in [-0.05, 0) is 68.3 Å². The molecular weight excluding hydrogens is 360 g/mol. The van der Waals surface area contributed by atoms with Crippen LogP contribution in [0.15, 0.2) is 42.6 Å². The first-order valence-corrected chi connectivity index (χ1v) is 8.99. The lowest BCUT2D eigenvalue weighted by Gasteiger charge is -2.09. The van der Waals surface area contributed by atoms with Crippen molar-refractivity contribution in [3.63, 3.8) is 0 Å². The molecule has 4 aromatic rings. The predicted octanol–water partition coefficient (Wildman–Crippen LogP) is 5.07. The van der Waals surface area contributed by atoms with E-state index in [1.54, 1.807) is 13.3 Å². The van der Waals surface area contributed by atoms with E-state index < -0.39 is 0 Å². The second-order valence-electron chi connectivity index (χ2n) is 6.51. The third-order valence-electron chi connectivity index (χ3n) is 4.72. The topological polar surface area (TPSA) is 52.8 Å². The van der Waals surface area contributed by atoms with E-state index >= 15 is 0 Å². The normalized spacial score (nSPS) is 11.1. The van der Waals surface area contributed by atoms with E-state index in [0.717, 1.165) is 28.2 Å². The van der Waals surface area contributed by atoms with Gasteiger partial charge in [0, 0.05) is 11.8 Å². The standard InChI is InChI=1S/C21H19ClN4O/c1-12-9-17-18(10-13(12)2)26(14(3)24-17)20-7-8-23-21(25-20)15-5-6-19(27-4)16(22)11-15/h5-11H,1-4H3. The number of rotatable bonds is 3. The van der Waals surface area contributed by atoms with Gasteiger partial charge in [-0.1, -0.05) is 11.6 Å². The number of aromatic nitrogens is 4. The Morgan fingerprint density at radius 3 is 2.48 bits per heavy atom. The first kappa shape index (κ1) is 17.5. The van der Waals surface area contributed by atoms with Crippen LogP contribution in [0.1, 0.15) is 17.0 Å². The summed E-state index contributed by atoms with van der Waals surface area (Å²) in [6, 6.07) is 11.7. The van der Waals surface area contributed by atoms with Crippen LogP contribution in [0.25, 0.3) is 28.2 Å². The van der Waals surface area contributed by atoms with Gasteiger partial charge in [0.15, 0.2) is 5.82 Å². The average molecular weight is 379 g/mol. The summed E-state index contributed by atoms with van der Waals surface area (Å²) in [4.78, 5) is 13.9. The van der Waals surface area contributed by atoms with Crippen LogP contribution in [0.5, 0.6) is 5.75 Å². The van der Waals surface area contributed by atoms with Gasteiger partial charge in [-0.25, -0.2) is 15.0 Å². The fourth-order valence-electron chi connectivity index (χ4n) is 3.16. The van der Waals surface area contributed by atoms with Gasteiger partial charge in [-0.3, -0.25) is 4.57 Å². The summed E-state index contributed by atoms with van der Waals surface area (Å²) in [6.07, 6.45) is 1.75. The summed E-state index contributed by atoms with van der Waals surface area (Å²) in [7, 11) is 1.59. The van der Waals surface area contributed by atoms with Gasteiger partial charge in [-0.15, -0.1) is 0 Å². The highest BCUT2D eigenvalue weighted by Gasteiger charge is 2.13. The maximum atomic E-state index is 6.26. The van der Waals surface area contributed by atoms with Crippen LogP contribution in [0, 0.1) is 20.8 Å². The maximum Gasteiger partial charge on any atom is 0.161 e. The van der Waals surface area contributed by atoms with Crippen LogP contribution in [-0.2, 0) is 0 Å². The van der Waals surface area contributed by atoms with E-state index in [4.69, 9.17) is 26.3 Å². The summed E-state index contributed by atoms with van der Waals surface area (Å²) >= 11 is 6.26. The van der Waals surface area contributed by atoms with Gasteiger partial charge in [0.05, 0.1) is 23.2 Å². The number of aryl methyl sites for hydroxylation is 3. The highest BCUT2D eigenvalue weighted by Crippen LogP contribution is 2.29. The summed E-state index contributed by atoms with van der Waals surface area (Å²) in [5, 5.41) is 0.527. The van der Waals surface area contributed by atoms with E-state index in [2.05, 4.69) is 35.5 Å². The van der Waals surface area contributed by atoms with Crippen LogP contribution in [0.4, 0.5) is 0 Å². The van der Waals surface area contributed by atoms with Crippen molar-refractivity contribution in [1.82, 2.24) is 19.5 Å². The summed E-state index contributed by atoms with van der Waals surface area (Å²) in [6.45, 7) is 6.18. The van der Waals surface area contributed by atoms with Crippen molar-refractivity contribution in [1.29, 1.82) is 0 Å². The molecule has 0 radical (unpaired) electrons. The van der Waals surface area contributed by atoms with Gasteiger partial charge in [0.1, 0.15) is 17.4 Å². The summed E-state index contributed by atoms with van der Waals surface area (Å²) in [5.74, 6) is 2.88. The molecule has 0 saturated heterocycles. The zero-order valence-electron chi connectivity index (χ0n) is 15.6. The molecule has 4 rings (SSSR count). The molecule has 27 heavy (non-hydrogen) atoms. The van der Waals surface area contributed by atoms with Gasteiger partial charge >= 0.3 is 0 Å². The fourth-order valence-corrected chi connectivity index (χ4v) is 3.42. The Morgan fingerprint density at radius 2 is 1.74 bits per heavy atom. The SMILES string of the molecule is COc1ccc(-c2nccc(-n3c(C)nc4cc(C)c(C)cc43)n2)cc1Cl. The van der Waals surface area contributed by atoms with Crippen molar-refractivity contribution >= 4 is 22.6 Å². The quantitative estimate of drug-likeness (QED) is 0.499. The van der Waals surface area contributed by atoms with Gasteiger partial charge in [-0.2, -0.15) is 0 Å². The number of fused-ring (bicyclic) bond motifs is 1. The lowest BCUT2D eigenvalue weighted by Crippen LogP contribution is -2.02. The van der Waals surface area contributed by atoms with Crippen molar-refractivity contribution in [2.45, 2.75) is 20.8 Å². The zero-order valence-corrected chi connectivity index (χ0v) is 16.4. The largest absolute Gasteiger partial charge is 0.495 e. The number of methoxy groups -OCH3 is 1. The first-order valence-electron chi connectivity index (χ1n) is 8.61. The van der Waals surface area contributed by atoms with E-state index in [-0.39, 0.29) is 0 Å². The Labute approximate surface area is 162 Å². The van der Waals surface area contributed by atoms with Crippen LogP contribution < -0.4 is 4.74 Å². The van der Waals surface area contributed by atoms with Gasteiger partial charge < -0.3 is 4.74 Å². The van der Waals surface area contributed by atoms with E-state index in [0.29, 0.717) is 16.6 Å². The Bertz CT molecular complexity index is 1170. The fraction of sp³-hybridized carbons (Fsp3) is 0.190.